The highest BCUT2D eigenvalue weighted by atomic mass is 35.5. The molecular weight excluding hydrogens is 345 g/mol. The molecule has 2 aromatic rings. The molecule has 0 amide bonds. The van der Waals surface area contributed by atoms with E-state index in [9.17, 15) is 0 Å². The Balaban J connectivity index is 0.00000169. The number of piperazine rings is 1. The second-order valence-corrected chi connectivity index (χ2v) is 7.12. The fourth-order valence-electron chi connectivity index (χ4n) is 3.86. The van der Waals surface area contributed by atoms with Crippen molar-refractivity contribution in [1.29, 1.82) is 0 Å². The van der Waals surface area contributed by atoms with Crippen LogP contribution in [0, 0.1) is 0 Å². The van der Waals surface area contributed by atoms with Crippen LogP contribution >= 0.6 is 24.0 Å². The molecule has 1 N–H and O–H groups in total. The van der Waals surface area contributed by atoms with Gasteiger partial charge in [0.15, 0.2) is 0 Å². The van der Waals surface area contributed by atoms with Crippen LogP contribution in [-0.2, 0) is 13.6 Å². The molecule has 4 rings (SSSR count). The Bertz CT molecular complexity index is 696. The van der Waals surface area contributed by atoms with Gasteiger partial charge in [0.25, 0.3) is 0 Å². The summed E-state index contributed by atoms with van der Waals surface area (Å²) in [6, 6.07) is 6.63. The molecule has 24 heavy (non-hydrogen) atoms. The Morgan fingerprint density at radius 3 is 2.83 bits per heavy atom. The first-order chi connectivity index (χ1) is 11.2. The number of hydrogen-bond acceptors (Lipinski definition) is 4. The maximum atomic E-state index is 6.11. The summed E-state index contributed by atoms with van der Waals surface area (Å²) in [7, 11) is 2.09. The summed E-state index contributed by atoms with van der Waals surface area (Å²) in [6.07, 6.45) is 1.27. The molecule has 2 fully saturated rings. The van der Waals surface area contributed by atoms with Gasteiger partial charge >= 0.3 is 0 Å². The van der Waals surface area contributed by atoms with E-state index in [1.165, 1.54) is 26.1 Å². The molecule has 1 aromatic heterocycles. The lowest BCUT2D eigenvalue weighted by molar-refractivity contribution is 0.169. The lowest BCUT2D eigenvalue weighted by Crippen LogP contribution is -2.49. The quantitative estimate of drug-likeness (QED) is 0.898. The van der Waals surface area contributed by atoms with Crippen molar-refractivity contribution in [3.8, 4) is 0 Å². The Hall–Kier alpha value is -0.850. The number of hydrogen-bond donors (Lipinski definition) is 1. The lowest BCUT2D eigenvalue weighted by Gasteiger charge is -2.32. The van der Waals surface area contributed by atoms with E-state index in [1.807, 2.05) is 18.2 Å². The third-order valence-electron chi connectivity index (χ3n) is 5.22. The predicted octanol–water partition coefficient (Wildman–Crippen LogP) is 2.13. The van der Waals surface area contributed by atoms with Gasteiger partial charge in [-0.25, -0.2) is 4.98 Å². The van der Waals surface area contributed by atoms with Crippen molar-refractivity contribution in [3.05, 3.63) is 29.0 Å². The summed E-state index contributed by atoms with van der Waals surface area (Å²) in [6.45, 7) is 7.87. The molecule has 3 heterocycles. The number of aromatic nitrogens is 2. The van der Waals surface area contributed by atoms with Gasteiger partial charge in [0.1, 0.15) is 5.82 Å². The number of aryl methyl sites for hydroxylation is 1. The first-order valence-electron chi connectivity index (χ1n) is 8.49. The number of imidazole rings is 1. The van der Waals surface area contributed by atoms with E-state index >= 15 is 0 Å². The molecular formula is C17H25Cl2N5. The van der Waals surface area contributed by atoms with E-state index < -0.39 is 0 Å². The topological polar surface area (TPSA) is 36.3 Å². The summed E-state index contributed by atoms with van der Waals surface area (Å²) in [4.78, 5) is 9.97. The smallest absolute Gasteiger partial charge is 0.123 e. The number of likely N-dealkylation sites (tertiary alicyclic amines) is 1. The zero-order valence-corrected chi connectivity index (χ0v) is 15.6. The lowest BCUT2D eigenvalue weighted by atomic mass is 10.2. The Kier molecular flexibility index (Phi) is 5.67. The molecule has 132 valence electrons. The molecule has 0 bridgehead atoms. The molecule has 1 atom stereocenters. The zero-order chi connectivity index (χ0) is 15.8. The van der Waals surface area contributed by atoms with Crippen molar-refractivity contribution in [2.75, 3.05) is 39.3 Å². The Morgan fingerprint density at radius 1 is 1.25 bits per heavy atom. The molecule has 5 nitrogen and oxygen atoms in total. The highest BCUT2D eigenvalue weighted by molar-refractivity contribution is 6.31. The summed E-state index contributed by atoms with van der Waals surface area (Å²) in [5.74, 6) is 1.13. The summed E-state index contributed by atoms with van der Waals surface area (Å²) >= 11 is 6.11. The van der Waals surface area contributed by atoms with Crippen molar-refractivity contribution in [2.24, 2.45) is 7.05 Å². The van der Waals surface area contributed by atoms with Crippen molar-refractivity contribution >= 4 is 35.0 Å². The van der Waals surface area contributed by atoms with E-state index in [2.05, 4.69) is 26.7 Å². The minimum Gasteiger partial charge on any atom is -0.330 e. The van der Waals surface area contributed by atoms with Gasteiger partial charge in [-0.3, -0.25) is 9.80 Å². The molecule has 2 aliphatic heterocycles. The third-order valence-corrected chi connectivity index (χ3v) is 5.45. The van der Waals surface area contributed by atoms with Crippen LogP contribution < -0.4 is 5.32 Å². The predicted molar refractivity (Wildman–Crippen MR) is 101 cm³/mol. The van der Waals surface area contributed by atoms with Crippen molar-refractivity contribution < 1.29 is 0 Å². The normalized spacial score (nSPS) is 22.8. The van der Waals surface area contributed by atoms with Crippen LogP contribution in [0.25, 0.3) is 11.0 Å². The molecule has 7 heteroatoms. The SMILES string of the molecule is Cl.Cn1c(CN2CCC(N3CCNCC3)C2)nc2ccc(Cl)cc21. The molecule has 0 saturated carbocycles. The summed E-state index contributed by atoms with van der Waals surface area (Å²) < 4.78 is 2.18. The van der Waals surface area contributed by atoms with Crippen molar-refractivity contribution in [2.45, 2.75) is 19.0 Å². The van der Waals surface area contributed by atoms with Gasteiger partial charge in [-0.2, -0.15) is 0 Å². The van der Waals surface area contributed by atoms with Crippen molar-refractivity contribution in [1.82, 2.24) is 24.7 Å². The van der Waals surface area contributed by atoms with E-state index in [4.69, 9.17) is 16.6 Å². The van der Waals surface area contributed by atoms with Crippen LogP contribution in [0.5, 0.6) is 0 Å². The molecule has 1 unspecified atom stereocenters. The third kappa shape index (κ3) is 3.55. The fraction of sp³-hybridized carbons (Fsp3) is 0.588. The molecule has 0 spiro atoms. The van der Waals surface area contributed by atoms with Crippen LogP contribution in [0.4, 0.5) is 0 Å². The molecule has 0 radical (unpaired) electrons. The average Bonchev–Trinajstić information content (AvgIpc) is 3.15. The summed E-state index contributed by atoms with van der Waals surface area (Å²) in [5.41, 5.74) is 2.15. The summed E-state index contributed by atoms with van der Waals surface area (Å²) in [5, 5.41) is 4.21. The largest absolute Gasteiger partial charge is 0.330 e. The molecule has 1 aromatic carbocycles. The Morgan fingerprint density at radius 2 is 2.04 bits per heavy atom. The zero-order valence-electron chi connectivity index (χ0n) is 14.0. The van der Waals surface area contributed by atoms with Crippen LogP contribution in [-0.4, -0.2) is 64.7 Å². The first kappa shape index (κ1) is 18.0. The number of nitrogens with zero attached hydrogens (tertiary/aromatic N) is 4. The van der Waals surface area contributed by atoms with E-state index in [0.29, 0.717) is 6.04 Å². The minimum atomic E-state index is 0. The van der Waals surface area contributed by atoms with E-state index in [0.717, 1.165) is 48.1 Å². The van der Waals surface area contributed by atoms with E-state index in [1.54, 1.807) is 0 Å². The number of rotatable bonds is 3. The highest BCUT2D eigenvalue weighted by Crippen LogP contribution is 2.22. The van der Waals surface area contributed by atoms with Gasteiger partial charge in [0, 0.05) is 57.4 Å². The molecule has 2 saturated heterocycles. The average molecular weight is 370 g/mol. The molecule has 2 aliphatic rings. The van der Waals surface area contributed by atoms with Crippen LogP contribution in [0.2, 0.25) is 5.02 Å². The van der Waals surface area contributed by atoms with Crippen LogP contribution in [0.1, 0.15) is 12.2 Å². The fourth-order valence-corrected chi connectivity index (χ4v) is 4.02. The van der Waals surface area contributed by atoms with Crippen LogP contribution in [0.15, 0.2) is 18.2 Å². The van der Waals surface area contributed by atoms with Gasteiger partial charge in [-0.1, -0.05) is 11.6 Å². The van der Waals surface area contributed by atoms with Gasteiger partial charge < -0.3 is 9.88 Å². The minimum absolute atomic E-state index is 0. The maximum absolute atomic E-state index is 6.11. The van der Waals surface area contributed by atoms with Gasteiger partial charge in [0.05, 0.1) is 17.6 Å². The monoisotopic (exact) mass is 369 g/mol. The molecule has 0 aliphatic carbocycles. The highest BCUT2D eigenvalue weighted by Gasteiger charge is 2.29. The van der Waals surface area contributed by atoms with Crippen molar-refractivity contribution in [3.63, 3.8) is 0 Å². The van der Waals surface area contributed by atoms with Gasteiger partial charge in [0.2, 0.25) is 0 Å². The second-order valence-electron chi connectivity index (χ2n) is 6.68. The standard InChI is InChI=1S/C17H24ClN5.ClH/c1-21-16-10-13(18)2-3-15(16)20-17(21)12-22-7-4-14(11-22)23-8-5-19-6-9-23;/h2-3,10,14,19H,4-9,11-12H2,1H3;1H. The number of fused-ring (bicyclic) bond motifs is 1. The van der Waals surface area contributed by atoms with Crippen LogP contribution in [0.3, 0.4) is 0 Å². The Labute approximate surface area is 154 Å². The maximum Gasteiger partial charge on any atom is 0.123 e. The van der Waals surface area contributed by atoms with E-state index in [-0.39, 0.29) is 12.4 Å². The number of halogens is 2. The van der Waals surface area contributed by atoms with Gasteiger partial charge in [-0.15, -0.1) is 12.4 Å². The second kappa shape index (κ2) is 7.58. The number of nitrogens with one attached hydrogen (secondary N) is 1. The van der Waals surface area contributed by atoms with Gasteiger partial charge in [-0.05, 0) is 24.6 Å². The number of benzene rings is 1. The first-order valence-corrected chi connectivity index (χ1v) is 8.86.